The average molecular weight is 367 g/mol. The molecule has 3 heterocycles. The summed E-state index contributed by atoms with van der Waals surface area (Å²) < 4.78 is 13.8. The van der Waals surface area contributed by atoms with Crippen LogP contribution in [0.5, 0.6) is 0 Å². The minimum atomic E-state index is -0.538. The third-order valence-corrected chi connectivity index (χ3v) is 5.13. The first-order chi connectivity index (χ1) is 13.1. The number of nitrogens with zero attached hydrogens (tertiary/aromatic N) is 2. The number of hydrogen-bond donors (Lipinski definition) is 1. The highest BCUT2D eigenvalue weighted by molar-refractivity contribution is 5.89. The molecule has 0 amide bonds. The van der Waals surface area contributed by atoms with Gasteiger partial charge >= 0.3 is 5.97 Å². The lowest BCUT2D eigenvalue weighted by Crippen LogP contribution is -2.30. The number of fused-ring (bicyclic) bond motifs is 1. The molecule has 0 radical (unpaired) electrons. The molecule has 7 heteroatoms. The summed E-state index contributed by atoms with van der Waals surface area (Å²) >= 11 is 0. The van der Waals surface area contributed by atoms with Crippen LogP contribution >= 0.6 is 0 Å². The van der Waals surface area contributed by atoms with Gasteiger partial charge in [-0.2, -0.15) is 0 Å². The van der Waals surface area contributed by atoms with Crippen molar-refractivity contribution in [2.75, 3.05) is 0 Å². The lowest BCUT2D eigenvalue weighted by Gasteiger charge is -2.23. The predicted molar refractivity (Wildman–Crippen MR) is 99.4 cm³/mol. The quantitative estimate of drug-likeness (QED) is 0.717. The molecule has 4 atom stereocenters. The molecular weight excluding hydrogens is 346 g/mol. The van der Waals surface area contributed by atoms with Crippen LogP contribution in [0, 0.1) is 5.92 Å². The number of aromatic amines is 1. The van der Waals surface area contributed by atoms with Crippen molar-refractivity contribution in [1.82, 2.24) is 14.5 Å². The first-order valence-corrected chi connectivity index (χ1v) is 9.06. The van der Waals surface area contributed by atoms with Gasteiger partial charge in [0.05, 0.1) is 23.5 Å². The zero-order valence-corrected chi connectivity index (χ0v) is 15.2. The number of benzene rings is 1. The Morgan fingerprint density at radius 2 is 2.07 bits per heavy atom. The Kier molecular flexibility index (Phi) is 4.53. The fourth-order valence-electron chi connectivity index (χ4n) is 3.65. The molecule has 140 valence electrons. The van der Waals surface area contributed by atoms with Crippen molar-refractivity contribution < 1.29 is 14.3 Å². The molecule has 2 aromatic heterocycles. The fourth-order valence-corrected chi connectivity index (χ4v) is 3.65. The molecule has 7 nitrogen and oxygen atoms in total. The molecule has 3 aromatic rings. The van der Waals surface area contributed by atoms with Crippen molar-refractivity contribution in [3.8, 4) is 0 Å². The summed E-state index contributed by atoms with van der Waals surface area (Å²) in [5, 5.41) is 0. The number of aromatic nitrogens is 3. The topological polar surface area (TPSA) is 86.2 Å². The molecule has 4 rings (SSSR count). The predicted octanol–water partition coefficient (Wildman–Crippen LogP) is 2.89. The molecule has 0 bridgehead atoms. The van der Waals surface area contributed by atoms with E-state index in [-0.39, 0.29) is 23.6 Å². The summed E-state index contributed by atoms with van der Waals surface area (Å²) in [6.45, 7) is 4.05. The summed E-state index contributed by atoms with van der Waals surface area (Å²) in [5.74, 6) is -0.382. The van der Waals surface area contributed by atoms with E-state index < -0.39 is 12.3 Å². The van der Waals surface area contributed by atoms with Crippen LogP contribution in [0.25, 0.3) is 11.0 Å². The van der Waals surface area contributed by atoms with E-state index in [1.54, 1.807) is 47.4 Å². The van der Waals surface area contributed by atoms with Gasteiger partial charge in [-0.25, -0.2) is 9.78 Å². The van der Waals surface area contributed by atoms with E-state index in [0.717, 1.165) is 6.42 Å². The average Bonchev–Trinajstić information content (AvgIpc) is 3.25. The molecule has 27 heavy (non-hydrogen) atoms. The monoisotopic (exact) mass is 367 g/mol. The van der Waals surface area contributed by atoms with Crippen molar-refractivity contribution in [3.05, 3.63) is 64.8 Å². The van der Waals surface area contributed by atoms with Crippen LogP contribution in [0.4, 0.5) is 0 Å². The van der Waals surface area contributed by atoms with Crippen LogP contribution in [-0.4, -0.2) is 32.7 Å². The minimum Gasteiger partial charge on any atom is -0.454 e. The van der Waals surface area contributed by atoms with Crippen LogP contribution < -0.4 is 5.56 Å². The Morgan fingerprint density at radius 1 is 1.30 bits per heavy atom. The molecule has 1 aliphatic rings. The number of pyridine rings is 1. The summed E-state index contributed by atoms with van der Waals surface area (Å²) in [6, 6.07) is 10.7. The maximum Gasteiger partial charge on any atom is 0.338 e. The molecule has 0 saturated carbocycles. The molecule has 1 fully saturated rings. The molecule has 0 spiro atoms. The van der Waals surface area contributed by atoms with Crippen LogP contribution in [0.3, 0.4) is 0 Å². The standard InChI is InChI=1S/C20H21N3O4/c1-3-15-12(2)17(27-20(25)13-7-5-4-6-8-13)19(26-15)23-11-22-16-14(23)9-10-21-18(16)24/h4-12,15,17,19H,3H2,1-2H3,(H,21,24)/t12-,15-,17-,19-/m1/s1. The molecule has 1 N–H and O–H groups in total. The first kappa shape index (κ1) is 17.5. The van der Waals surface area contributed by atoms with Crippen LogP contribution in [-0.2, 0) is 9.47 Å². The third kappa shape index (κ3) is 3.04. The number of carbonyl (C=O) groups excluding carboxylic acids is 1. The number of rotatable bonds is 4. The van der Waals surface area contributed by atoms with Crippen molar-refractivity contribution >= 4 is 17.0 Å². The summed E-state index contributed by atoms with van der Waals surface area (Å²) in [7, 11) is 0. The van der Waals surface area contributed by atoms with Gasteiger partial charge in [-0.1, -0.05) is 32.0 Å². The number of hydrogen-bond acceptors (Lipinski definition) is 5. The number of H-pyrrole nitrogens is 1. The lowest BCUT2D eigenvalue weighted by atomic mass is 9.98. The van der Waals surface area contributed by atoms with Gasteiger partial charge in [0, 0.05) is 12.1 Å². The highest BCUT2D eigenvalue weighted by atomic mass is 16.6. The maximum absolute atomic E-state index is 12.6. The third-order valence-electron chi connectivity index (χ3n) is 5.13. The molecular formula is C20H21N3O4. The van der Waals surface area contributed by atoms with Crippen LogP contribution in [0.2, 0.25) is 0 Å². The van der Waals surface area contributed by atoms with Crippen molar-refractivity contribution in [3.63, 3.8) is 0 Å². The Labute approximate surface area is 155 Å². The lowest BCUT2D eigenvalue weighted by molar-refractivity contribution is -0.0467. The van der Waals surface area contributed by atoms with E-state index in [2.05, 4.69) is 9.97 Å². The van der Waals surface area contributed by atoms with E-state index in [1.807, 2.05) is 19.9 Å². The smallest absolute Gasteiger partial charge is 0.338 e. The van der Waals surface area contributed by atoms with Crippen LogP contribution in [0.15, 0.2) is 53.7 Å². The van der Waals surface area contributed by atoms with Crippen LogP contribution in [0.1, 0.15) is 36.9 Å². The highest BCUT2D eigenvalue weighted by Gasteiger charge is 2.45. The normalized spacial score (nSPS) is 25.0. The highest BCUT2D eigenvalue weighted by Crippen LogP contribution is 2.38. The van der Waals surface area contributed by atoms with Gasteiger partial charge < -0.3 is 14.5 Å². The van der Waals surface area contributed by atoms with Gasteiger partial charge in [-0.15, -0.1) is 0 Å². The van der Waals surface area contributed by atoms with Crippen molar-refractivity contribution in [2.24, 2.45) is 5.92 Å². The number of carbonyl (C=O) groups is 1. The molecule has 0 unspecified atom stereocenters. The number of ether oxygens (including phenoxy) is 2. The Morgan fingerprint density at radius 3 is 2.81 bits per heavy atom. The van der Waals surface area contributed by atoms with E-state index in [1.165, 1.54) is 0 Å². The number of esters is 1. The number of imidazole rings is 1. The summed E-state index contributed by atoms with van der Waals surface area (Å²) in [5.41, 5.74) is 1.22. The Bertz CT molecular complexity index is 1010. The fraction of sp³-hybridized carbons (Fsp3) is 0.350. The Hall–Kier alpha value is -2.93. The van der Waals surface area contributed by atoms with Gasteiger partial charge in [-0.05, 0) is 24.6 Å². The van der Waals surface area contributed by atoms with E-state index in [9.17, 15) is 9.59 Å². The zero-order valence-electron chi connectivity index (χ0n) is 15.2. The summed E-state index contributed by atoms with van der Waals surface area (Å²) in [6.07, 6.45) is 2.86. The molecule has 1 aliphatic heterocycles. The Balaban J connectivity index is 1.70. The molecule has 1 saturated heterocycles. The largest absolute Gasteiger partial charge is 0.454 e. The van der Waals surface area contributed by atoms with Gasteiger partial charge in [-0.3, -0.25) is 9.36 Å². The van der Waals surface area contributed by atoms with Crippen molar-refractivity contribution in [2.45, 2.75) is 38.7 Å². The van der Waals surface area contributed by atoms with Gasteiger partial charge in [0.25, 0.3) is 5.56 Å². The second-order valence-corrected chi connectivity index (χ2v) is 6.76. The van der Waals surface area contributed by atoms with Gasteiger partial charge in [0.15, 0.2) is 17.8 Å². The number of nitrogens with one attached hydrogen (secondary N) is 1. The van der Waals surface area contributed by atoms with E-state index >= 15 is 0 Å². The maximum atomic E-state index is 12.6. The SMILES string of the molecule is CC[C@H]1O[C@@H](n2cnc3c(=O)[nH]ccc32)[C@H](OC(=O)c2ccccc2)[C@@H]1C. The summed E-state index contributed by atoms with van der Waals surface area (Å²) in [4.78, 5) is 31.4. The second-order valence-electron chi connectivity index (χ2n) is 6.76. The molecule has 1 aromatic carbocycles. The van der Waals surface area contributed by atoms with Gasteiger partial charge in [0.1, 0.15) is 0 Å². The van der Waals surface area contributed by atoms with E-state index in [4.69, 9.17) is 9.47 Å². The zero-order chi connectivity index (χ0) is 19.0. The van der Waals surface area contributed by atoms with E-state index in [0.29, 0.717) is 16.6 Å². The second kappa shape index (κ2) is 7.00. The molecule has 0 aliphatic carbocycles. The van der Waals surface area contributed by atoms with Crippen molar-refractivity contribution in [1.29, 1.82) is 0 Å². The van der Waals surface area contributed by atoms with Gasteiger partial charge in [0.2, 0.25) is 0 Å². The first-order valence-electron chi connectivity index (χ1n) is 9.06. The minimum absolute atomic E-state index is 0.00658.